The van der Waals surface area contributed by atoms with Gasteiger partial charge in [0.1, 0.15) is 0 Å². The van der Waals surface area contributed by atoms with E-state index in [1.54, 1.807) is 7.11 Å². The van der Waals surface area contributed by atoms with Crippen LogP contribution in [0.5, 0.6) is 0 Å². The number of piperazine rings is 1. The van der Waals surface area contributed by atoms with Crippen molar-refractivity contribution in [1.29, 1.82) is 0 Å². The standard InChI is InChI=1S/C9H21N3O3S/c1-15-8-9(10)7-11-3-5-12(6-4-11)16(2,13)14/h9H,3-8,10H2,1-2H3. The second-order valence-corrected chi connectivity index (χ2v) is 6.16. The summed E-state index contributed by atoms with van der Waals surface area (Å²) >= 11 is 0. The predicted molar refractivity (Wildman–Crippen MR) is 62.7 cm³/mol. The quantitative estimate of drug-likeness (QED) is 0.646. The van der Waals surface area contributed by atoms with Crippen LogP contribution in [0.3, 0.4) is 0 Å². The highest BCUT2D eigenvalue weighted by Gasteiger charge is 2.23. The lowest BCUT2D eigenvalue weighted by Gasteiger charge is -2.34. The summed E-state index contributed by atoms with van der Waals surface area (Å²) in [4.78, 5) is 2.17. The molecular formula is C9H21N3O3S. The van der Waals surface area contributed by atoms with Crippen molar-refractivity contribution in [2.75, 3.05) is 52.7 Å². The zero-order valence-corrected chi connectivity index (χ0v) is 10.7. The van der Waals surface area contributed by atoms with Crippen LogP contribution >= 0.6 is 0 Å². The molecule has 1 aliphatic heterocycles. The lowest BCUT2D eigenvalue weighted by molar-refractivity contribution is 0.134. The summed E-state index contributed by atoms with van der Waals surface area (Å²) in [5.41, 5.74) is 5.84. The maximum atomic E-state index is 11.3. The van der Waals surface area contributed by atoms with Crippen molar-refractivity contribution in [2.45, 2.75) is 6.04 Å². The van der Waals surface area contributed by atoms with E-state index in [-0.39, 0.29) is 6.04 Å². The minimum absolute atomic E-state index is 0.00483. The normalized spacial score (nSPS) is 22.2. The van der Waals surface area contributed by atoms with Crippen molar-refractivity contribution < 1.29 is 13.2 Å². The van der Waals surface area contributed by atoms with Gasteiger partial charge in [0.15, 0.2) is 0 Å². The van der Waals surface area contributed by atoms with Gasteiger partial charge in [-0.3, -0.25) is 4.90 Å². The molecule has 0 amide bonds. The third-order valence-electron chi connectivity index (χ3n) is 2.67. The average molecular weight is 251 g/mol. The van der Waals surface area contributed by atoms with Crippen LogP contribution in [0, 0.1) is 0 Å². The molecule has 6 nitrogen and oxygen atoms in total. The third kappa shape index (κ3) is 4.34. The van der Waals surface area contributed by atoms with Gasteiger partial charge in [-0.1, -0.05) is 0 Å². The van der Waals surface area contributed by atoms with Gasteiger partial charge in [-0.15, -0.1) is 0 Å². The Morgan fingerprint density at radius 1 is 1.31 bits per heavy atom. The first-order valence-electron chi connectivity index (χ1n) is 5.35. The number of nitrogens with two attached hydrogens (primary N) is 1. The zero-order chi connectivity index (χ0) is 12.2. The highest BCUT2D eigenvalue weighted by Crippen LogP contribution is 2.06. The number of hydrogen-bond acceptors (Lipinski definition) is 5. The molecule has 0 radical (unpaired) electrons. The Morgan fingerprint density at radius 3 is 2.31 bits per heavy atom. The molecule has 0 aromatic heterocycles. The van der Waals surface area contributed by atoms with Gasteiger partial charge in [-0.2, -0.15) is 4.31 Å². The highest BCUT2D eigenvalue weighted by molar-refractivity contribution is 7.88. The van der Waals surface area contributed by atoms with Crippen molar-refractivity contribution in [3.8, 4) is 0 Å². The van der Waals surface area contributed by atoms with Crippen LogP contribution in [0.2, 0.25) is 0 Å². The van der Waals surface area contributed by atoms with Crippen molar-refractivity contribution in [2.24, 2.45) is 5.73 Å². The summed E-state index contributed by atoms with van der Waals surface area (Å²) in [5, 5.41) is 0. The van der Waals surface area contributed by atoms with Crippen LogP contribution in [0.15, 0.2) is 0 Å². The molecule has 96 valence electrons. The largest absolute Gasteiger partial charge is 0.383 e. The van der Waals surface area contributed by atoms with Gasteiger partial charge < -0.3 is 10.5 Å². The fourth-order valence-corrected chi connectivity index (χ4v) is 2.67. The Hall–Kier alpha value is -0.210. The van der Waals surface area contributed by atoms with E-state index in [0.29, 0.717) is 19.7 Å². The number of ether oxygens (including phenoxy) is 1. The van der Waals surface area contributed by atoms with Gasteiger partial charge in [0.05, 0.1) is 12.9 Å². The molecule has 16 heavy (non-hydrogen) atoms. The van der Waals surface area contributed by atoms with Crippen LogP contribution in [-0.2, 0) is 14.8 Å². The maximum Gasteiger partial charge on any atom is 0.211 e. The summed E-state index contributed by atoms with van der Waals surface area (Å²) in [6.45, 7) is 3.88. The van der Waals surface area contributed by atoms with Crippen molar-refractivity contribution in [1.82, 2.24) is 9.21 Å². The Morgan fingerprint density at radius 2 is 1.88 bits per heavy atom. The molecule has 1 aliphatic rings. The van der Waals surface area contributed by atoms with Crippen LogP contribution in [-0.4, -0.2) is 76.4 Å². The van der Waals surface area contributed by atoms with Gasteiger partial charge in [0, 0.05) is 45.9 Å². The van der Waals surface area contributed by atoms with Gasteiger partial charge in [0.25, 0.3) is 0 Å². The van der Waals surface area contributed by atoms with Gasteiger partial charge in [0.2, 0.25) is 10.0 Å². The van der Waals surface area contributed by atoms with Crippen LogP contribution in [0.1, 0.15) is 0 Å². The first-order valence-corrected chi connectivity index (χ1v) is 7.20. The van der Waals surface area contributed by atoms with Crippen molar-refractivity contribution in [3.63, 3.8) is 0 Å². The van der Waals surface area contributed by atoms with E-state index < -0.39 is 10.0 Å². The molecule has 1 saturated heterocycles. The lowest BCUT2D eigenvalue weighted by atomic mass is 10.2. The van der Waals surface area contributed by atoms with Crippen LogP contribution in [0.4, 0.5) is 0 Å². The van der Waals surface area contributed by atoms with Gasteiger partial charge in [-0.05, 0) is 0 Å². The molecule has 1 fully saturated rings. The van der Waals surface area contributed by atoms with E-state index in [0.717, 1.165) is 19.6 Å². The fraction of sp³-hybridized carbons (Fsp3) is 1.00. The Kier molecular flexibility index (Phi) is 5.13. The molecule has 0 aromatic rings. The first-order chi connectivity index (χ1) is 7.43. The van der Waals surface area contributed by atoms with E-state index in [9.17, 15) is 8.42 Å². The highest BCUT2D eigenvalue weighted by atomic mass is 32.2. The Labute approximate surface area is 97.4 Å². The second-order valence-electron chi connectivity index (χ2n) is 4.18. The number of sulfonamides is 1. The molecule has 0 aliphatic carbocycles. The SMILES string of the molecule is COCC(N)CN1CCN(S(C)(=O)=O)CC1. The van der Waals surface area contributed by atoms with Crippen molar-refractivity contribution >= 4 is 10.0 Å². The first kappa shape index (κ1) is 13.9. The number of rotatable bonds is 5. The number of nitrogens with zero attached hydrogens (tertiary/aromatic N) is 2. The molecular weight excluding hydrogens is 230 g/mol. The molecule has 1 heterocycles. The smallest absolute Gasteiger partial charge is 0.211 e. The maximum absolute atomic E-state index is 11.3. The fourth-order valence-electron chi connectivity index (χ4n) is 1.84. The summed E-state index contributed by atoms with van der Waals surface area (Å²) in [6, 6.07) is -0.00483. The molecule has 0 saturated carbocycles. The third-order valence-corrected chi connectivity index (χ3v) is 3.98. The molecule has 1 rings (SSSR count). The molecule has 2 N–H and O–H groups in total. The molecule has 0 spiro atoms. The Balaban J connectivity index is 2.32. The zero-order valence-electron chi connectivity index (χ0n) is 9.92. The van der Waals surface area contributed by atoms with Crippen LogP contribution < -0.4 is 5.73 Å². The van der Waals surface area contributed by atoms with E-state index in [2.05, 4.69) is 4.90 Å². The average Bonchev–Trinajstić information content (AvgIpc) is 2.17. The monoisotopic (exact) mass is 251 g/mol. The van der Waals surface area contributed by atoms with Crippen LogP contribution in [0.25, 0.3) is 0 Å². The molecule has 7 heteroatoms. The topological polar surface area (TPSA) is 75.9 Å². The van der Waals surface area contributed by atoms with E-state index in [4.69, 9.17) is 10.5 Å². The summed E-state index contributed by atoms with van der Waals surface area (Å²) in [7, 11) is -1.41. The molecule has 0 aromatic carbocycles. The van der Waals surface area contributed by atoms with Crippen molar-refractivity contribution in [3.05, 3.63) is 0 Å². The summed E-state index contributed by atoms with van der Waals surface area (Å²) in [5.74, 6) is 0. The van der Waals surface area contributed by atoms with E-state index >= 15 is 0 Å². The van der Waals surface area contributed by atoms with Gasteiger partial charge >= 0.3 is 0 Å². The Bertz CT molecular complexity index is 299. The summed E-state index contributed by atoms with van der Waals surface area (Å²) in [6.07, 6.45) is 1.25. The van der Waals surface area contributed by atoms with Gasteiger partial charge in [-0.25, -0.2) is 8.42 Å². The number of methoxy groups -OCH3 is 1. The van der Waals surface area contributed by atoms with E-state index in [1.165, 1.54) is 10.6 Å². The lowest BCUT2D eigenvalue weighted by Crippen LogP contribution is -2.51. The minimum Gasteiger partial charge on any atom is -0.383 e. The predicted octanol–water partition coefficient (Wildman–Crippen LogP) is -1.46. The minimum atomic E-state index is -3.04. The molecule has 0 bridgehead atoms. The van der Waals surface area contributed by atoms with E-state index in [1.807, 2.05) is 0 Å². The summed E-state index contributed by atoms with van der Waals surface area (Å²) < 4.78 is 29.0. The second kappa shape index (κ2) is 5.92. The molecule has 1 atom stereocenters. The number of hydrogen-bond donors (Lipinski definition) is 1. The molecule has 1 unspecified atom stereocenters.